The molecule has 0 aliphatic carbocycles. The normalized spacial score (nSPS) is 12.4. The number of carboxylic acid groups (broad SMARTS) is 1. The van der Waals surface area contributed by atoms with Gasteiger partial charge < -0.3 is 9.84 Å². The van der Waals surface area contributed by atoms with E-state index in [0.29, 0.717) is 16.7 Å². The summed E-state index contributed by atoms with van der Waals surface area (Å²) in [4.78, 5) is 11.5. The van der Waals surface area contributed by atoms with Crippen LogP contribution in [-0.4, -0.2) is 11.1 Å². The number of aliphatic carboxylic acids is 1. The van der Waals surface area contributed by atoms with E-state index in [2.05, 4.69) is 0 Å². The first-order valence-electron chi connectivity index (χ1n) is 8.97. The number of rotatable bonds is 6. The van der Waals surface area contributed by atoms with Gasteiger partial charge >= 0.3 is 12.1 Å². The first kappa shape index (κ1) is 20.5. The largest absolute Gasteiger partial charge is 0.488 e. The van der Waals surface area contributed by atoms with E-state index in [4.69, 9.17) is 4.74 Å². The van der Waals surface area contributed by atoms with Gasteiger partial charge in [0, 0.05) is 0 Å². The fourth-order valence-corrected chi connectivity index (χ4v) is 3.06. The molecule has 0 radical (unpaired) electrons. The zero-order valence-corrected chi connectivity index (χ0v) is 15.6. The van der Waals surface area contributed by atoms with Crippen LogP contribution >= 0.6 is 0 Å². The molecule has 3 rings (SSSR count). The highest BCUT2D eigenvalue weighted by molar-refractivity contribution is 5.79. The summed E-state index contributed by atoms with van der Waals surface area (Å²) < 4.78 is 47.3. The number of halogens is 3. The Morgan fingerprint density at radius 1 is 0.966 bits per heavy atom. The molecule has 6 heteroatoms. The smallest absolute Gasteiger partial charge is 0.420 e. The molecule has 0 amide bonds. The highest BCUT2D eigenvalue weighted by atomic mass is 19.4. The molecule has 0 saturated heterocycles. The number of carbonyl (C=O) groups is 1. The van der Waals surface area contributed by atoms with E-state index in [1.54, 1.807) is 60.7 Å². The Labute approximate surface area is 166 Å². The van der Waals surface area contributed by atoms with Crippen LogP contribution in [0.15, 0.2) is 72.8 Å². The van der Waals surface area contributed by atoms with Crippen LogP contribution < -0.4 is 4.74 Å². The van der Waals surface area contributed by atoms with Gasteiger partial charge in [0.05, 0.1) is 5.92 Å². The van der Waals surface area contributed by atoms with Crippen LogP contribution in [0, 0.1) is 0 Å². The van der Waals surface area contributed by atoms with Crippen LogP contribution in [-0.2, 0) is 17.6 Å². The summed E-state index contributed by atoms with van der Waals surface area (Å²) in [6, 6.07) is 20.2. The van der Waals surface area contributed by atoms with Crippen molar-refractivity contribution in [1.29, 1.82) is 0 Å². The zero-order valence-electron chi connectivity index (χ0n) is 15.6. The van der Waals surface area contributed by atoms with Gasteiger partial charge in [0.25, 0.3) is 0 Å². The summed E-state index contributed by atoms with van der Waals surface area (Å²) in [7, 11) is 0. The minimum Gasteiger partial charge on any atom is -0.488 e. The Hall–Kier alpha value is -3.28. The van der Waals surface area contributed by atoms with Gasteiger partial charge in [0.2, 0.25) is 0 Å². The topological polar surface area (TPSA) is 46.5 Å². The summed E-state index contributed by atoms with van der Waals surface area (Å²) in [5.41, 5.74) is 0.463. The van der Waals surface area contributed by atoms with Crippen molar-refractivity contribution >= 4 is 5.97 Å². The number of alkyl halides is 3. The molecule has 1 unspecified atom stereocenters. The van der Waals surface area contributed by atoms with Crippen molar-refractivity contribution in [3.05, 3.63) is 89.5 Å². The van der Waals surface area contributed by atoms with Crippen LogP contribution in [0.1, 0.15) is 29.5 Å². The minimum atomic E-state index is -4.76. The van der Waals surface area contributed by atoms with E-state index in [1.807, 2.05) is 0 Å². The quantitative estimate of drug-likeness (QED) is 0.541. The van der Waals surface area contributed by atoms with Gasteiger partial charge in [0.15, 0.2) is 0 Å². The summed E-state index contributed by atoms with van der Waals surface area (Å²) in [6.45, 7) is 1.17. The van der Waals surface area contributed by atoms with Gasteiger partial charge in [-0.3, -0.25) is 4.79 Å². The Bertz CT molecular complexity index is 983. The average molecular weight is 400 g/mol. The lowest BCUT2D eigenvalue weighted by molar-refractivity contribution is -0.142. The second kappa shape index (κ2) is 8.39. The summed E-state index contributed by atoms with van der Waals surface area (Å²) in [5, 5.41) is 9.38. The maximum Gasteiger partial charge on any atom is 0.420 e. The molecule has 0 aromatic heterocycles. The van der Waals surface area contributed by atoms with Gasteiger partial charge in [-0.05, 0) is 41.3 Å². The monoisotopic (exact) mass is 400 g/mol. The highest BCUT2D eigenvalue weighted by Crippen LogP contribution is 2.44. The molecule has 0 saturated carbocycles. The average Bonchev–Trinajstić information content (AvgIpc) is 2.71. The van der Waals surface area contributed by atoms with Gasteiger partial charge in [-0.1, -0.05) is 60.7 Å². The number of carboxylic acids is 1. The van der Waals surface area contributed by atoms with Crippen molar-refractivity contribution < 1.29 is 27.8 Å². The molecule has 29 heavy (non-hydrogen) atoms. The van der Waals surface area contributed by atoms with Crippen LogP contribution in [0.3, 0.4) is 0 Å². The van der Waals surface area contributed by atoms with E-state index in [9.17, 15) is 23.1 Å². The molecule has 3 aromatic carbocycles. The second-order valence-corrected chi connectivity index (χ2v) is 6.64. The number of benzene rings is 3. The van der Waals surface area contributed by atoms with Crippen LogP contribution in [0.2, 0.25) is 0 Å². The van der Waals surface area contributed by atoms with Crippen molar-refractivity contribution in [1.82, 2.24) is 0 Å². The van der Waals surface area contributed by atoms with Crippen LogP contribution in [0.4, 0.5) is 13.2 Å². The number of hydrogen-bond acceptors (Lipinski definition) is 2. The summed E-state index contributed by atoms with van der Waals surface area (Å²) in [5.74, 6) is -3.07. The van der Waals surface area contributed by atoms with Crippen LogP contribution in [0.5, 0.6) is 5.75 Å². The molecular weight excluding hydrogens is 381 g/mol. The van der Waals surface area contributed by atoms with Gasteiger partial charge in [0.1, 0.15) is 17.9 Å². The van der Waals surface area contributed by atoms with E-state index < -0.39 is 23.6 Å². The Kier molecular flexibility index (Phi) is 5.92. The molecule has 1 N–H and O–H groups in total. The van der Waals surface area contributed by atoms with E-state index in [-0.39, 0.29) is 17.9 Å². The third-order valence-corrected chi connectivity index (χ3v) is 4.60. The van der Waals surface area contributed by atoms with Crippen molar-refractivity contribution in [2.75, 3.05) is 0 Å². The molecule has 3 nitrogen and oxygen atoms in total. The molecule has 3 aromatic rings. The molecule has 0 heterocycles. The molecule has 0 fully saturated rings. The maximum atomic E-state index is 13.9. The second-order valence-electron chi connectivity index (χ2n) is 6.64. The van der Waals surface area contributed by atoms with Crippen molar-refractivity contribution in [2.24, 2.45) is 0 Å². The van der Waals surface area contributed by atoms with E-state index in [0.717, 1.165) is 0 Å². The Morgan fingerprint density at radius 2 is 1.55 bits per heavy atom. The third kappa shape index (κ3) is 4.77. The van der Waals surface area contributed by atoms with Gasteiger partial charge in [-0.25, -0.2) is 0 Å². The molecular formula is C23H19F3O3. The minimum absolute atomic E-state index is 0.0664. The standard InChI is InChI=1S/C23H19F3O3/c1-15(22(27)28)19-12-18(17-10-6-3-7-11-17)13-20(21(19)23(24,25)26)29-14-16-8-4-2-5-9-16/h2-13,15H,14H2,1H3,(H,27,28). The molecule has 0 aliphatic heterocycles. The fraction of sp³-hybridized carbons (Fsp3) is 0.174. The molecule has 0 bridgehead atoms. The number of hydrogen-bond donors (Lipinski definition) is 1. The highest BCUT2D eigenvalue weighted by Gasteiger charge is 2.40. The fourth-order valence-electron chi connectivity index (χ4n) is 3.06. The Morgan fingerprint density at radius 3 is 2.10 bits per heavy atom. The lowest BCUT2D eigenvalue weighted by atomic mass is 9.90. The molecule has 0 spiro atoms. The predicted molar refractivity (Wildman–Crippen MR) is 104 cm³/mol. The van der Waals surface area contributed by atoms with Crippen molar-refractivity contribution in [3.8, 4) is 16.9 Å². The predicted octanol–water partition coefficient (Wildman–Crippen LogP) is 6.14. The lowest BCUT2D eigenvalue weighted by Crippen LogP contribution is -2.18. The van der Waals surface area contributed by atoms with Crippen molar-refractivity contribution in [2.45, 2.75) is 25.6 Å². The van der Waals surface area contributed by atoms with Crippen LogP contribution in [0.25, 0.3) is 11.1 Å². The van der Waals surface area contributed by atoms with E-state index in [1.165, 1.54) is 19.1 Å². The molecule has 0 aliphatic rings. The zero-order chi connectivity index (χ0) is 21.0. The van der Waals surface area contributed by atoms with Gasteiger partial charge in [-0.2, -0.15) is 13.2 Å². The molecule has 150 valence electrons. The van der Waals surface area contributed by atoms with Gasteiger partial charge in [-0.15, -0.1) is 0 Å². The lowest BCUT2D eigenvalue weighted by Gasteiger charge is -2.21. The maximum absolute atomic E-state index is 13.9. The third-order valence-electron chi connectivity index (χ3n) is 4.60. The summed E-state index contributed by atoms with van der Waals surface area (Å²) >= 11 is 0. The van der Waals surface area contributed by atoms with Crippen molar-refractivity contribution in [3.63, 3.8) is 0 Å². The number of ether oxygens (including phenoxy) is 1. The SMILES string of the molecule is CC(C(=O)O)c1cc(-c2ccccc2)cc(OCc2ccccc2)c1C(F)(F)F. The summed E-state index contributed by atoms with van der Waals surface area (Å²) in [6.07, 6.45) is -4.76. The first-order chi connectivity index (χ1) is 13.8. The van der Waals surface area contributed by atoms with E-state index >= 15 is 0 Å². The Balaban J connectivity index is 2.16. The first-order valence-corrected chi connectivity index (χ1v) is 8.97. The molecule has 1 atom stereocenters.